The summed E-state index contributed by atoms with van der Waals surface area (Å²) >= 11 is 1.53. The minimum absolute atomic E-state index is 0.115. The Morgan fingerprint density at radius 1 is 1.09 bits per heavy atom. The molecule has 0 radical (unpaired) electrons. The molecule has 0 unspecified atom stereocenters. The van der Waals surface area contributed by atoms with Crippen LogP contribution < -0.4 is 10.6 Å². The van der Waals surface area contributed by atoms with Gasteiger partial charge in [-0.3, -0.25) is 9.59 Å². The Labute approximate surface area is 196 Å². The molecular formula is C26H27N3O3S. The maximum Gasteiger partial charge on any atom is 0.273 e. The highest BCUT2D eigenvalue weighted by atomic mass is 32.1. The average Bonchev–Trinajstić information content (AvgIpc) is 3.49. The smallest absolute Gasteiger partial charge is 0.273 e. The number of benzene rings is 1. The lowest BCUT2D eigenvalue weighted by atomic mass is 9.95. The largest absolute Gasteiger partial charge is 0.463 e. The quantitative estimate of drug-likeness (QED) is 0.396. The second-order valence-corrected chi connectivity index (χ2v) is 9.61. The average molecular weight is 462 g/mol. The summed E-state index contributed by atoms with van der Waals surface area (Å²) in [5, 5.41) is 6.62. The van der Waals surface area contributed by atoms with Crippen LogP contribution in [0.2, 0.25) is 0 Å². The van der Waals surface area contributed by atoms with E-state index in [1.807, 2.05) is 17.6 Å². The van der Waals surface area contributed by atoms with Gasteiger partial charge in [-0.05, 0) is 50.7 Å². The van der Waals surface area contributed by atoms with E-state index in [9.17, 15) is 9.59 Å². The highest BCUT2D eigenvalue weighted by Gasteiger charge is 2.27. The summed E-state index contributed by atoms with van der Waals surface area (Å²) in [6, 6.07) is 11.9. The molecule has 0 saturated carbocycles. The summed E-state index contributed by atoms with van der Waals surface area (Å²) in [7, 11) is 0. The normalized spacial score (nSPS) is 13.2. The monoisotopic (exact) mass is 461 g/mol. The van der Waals surface area contributed by atoms with Crippen LogP contribution in [0.3, 0.4) is 0 Å². The van der Waals surface area contributed by atoms with Crippen LogP contribution in [0.25, 0.3) is 11.1 Å². The van der Waals surface area contributed by atoms with Gasteiger partial charge in [-0.15, -0.1) is 11.3 Å². The summed E-state index contributed by atoms with van der Waals surface area (Å²) in [4.78, 5) is 27.6. The van der Waals surface area contributed by atoms with Crippen LogP contribution in [0.4, 0.5) is 5.00 Å². The van der Waals surface area contributed by atoms with Gasteiger partial charge < -0.3 is 19.6 Å². The van der Waals surface area contributed by atoms with Gasteiger partial charge in [-0.2, -0.15) is 0 Å². The summed E-state index contributed by atoms with van der Waals surface area (Å²) in [6.45, 7) is 5.06. The van der Waals surface area contributed by atoms with Gasteiger partial charge in [0.05, 0.1) is 17.3 Å². The first-order valence-corrected chi connectivity index (χ1v) is 12.2. The fourth-order valence-electron chi connectivity index (χ4n) is 4.52. The topological polar surface area (TPSA) is 76.3 Å². The zero-order valence-corrected chi connectivity index (χ0v) is 19.7. The van der Waals surface area contributed by atoms with Crippen molar-refractivity contribution in [3.63, 3.8) is 0 Å². The molecule has 170 valence electrons. The van der Waals surface area contributed by atoms with Crippen molar-refractivity contribution in [3.05, 3.63) is 75.5 Å². The van der Waals surface area contributed by atoms with Crippen molar-refractivity contribution in [3.8, 4) is 0 Å². The highest BCUT2D eigenvalue weighted by Crippen LogP contribution is 2.38. The molecule has 0 saturated heterocycles. The molecule has 3 heterocycles. The summed E-state index contributed by atoms with van der Waals surface area (Å²) in [6.07, 6.45) is 5.66. The molecule has 33 heavy (non-hydrogen) atoms. The Morgan fingerprint density at radius 3 is 2.67 bits per heavy atom. The third-order valence-corrected chi connectivity index (χ3v) is 7.39. The highest BCUT2D eigenvalue weighted by molar-refractivity contribution is 7.17. The number of fused-ring (bicyclic) bond motifs is 2. The van der Waals surface area contributed by atoms with Gasteiger partial charge in [0, 0.05) is 30.1 Å². The number of carbonyl (C=O) groups is 2. The second-order valence-electron chi connectivity index (χ2n) is 8.50. The molecule has 1 aromatic carbocycles. The molecule has 1 aliphatic rings. The molecule has 7 heteroatoms. The number of aryl methyl sites for hydroxylation is 2. The van der Waals surface area contributed by atoms with E-state index in [1.165, 1.54) is 21.8 Å². The molecule has 4 aromatic rings. The Hall–Kier alpha value is -3.32. The molecule has 0 atom stereocenters. The van der Waals surface area contributed by atoms with E-state index < -0.39 is 0 Å². The number of amides is 2. The van der Waals surface area contributed by atoms with Crippen molar-refractivity contribution in [1.82, 2.24) is 9.88 Å². The van der Waals surface area contributed by atoms with Crippen LogP contribution in [-0.4, -0.2) is 22.9 Å². The van der Waals surface area contributed by atoms with E-state index in [2.05, 4.69) is 41.8 Å². The van der Waals surface area contributed by atoms with Gasteiger partial charge in [0.1, 0.15) is 10.7 Å². The number of furan rings is 1. The Morgan fingerprint density at radius 2 is 1.88 bits per heavy atom. The number of hydrogen-bond acceptors (Lipinski definition) is 4. The number of aromatic nitrogens is 1. The van der Waals surface area contributed by atoms with Crippen molar-refractivity contribution in [2.75, 3.05) is 11.9 Å². The molecule has 2 amide bonds. The molecule has 1 aliphatic carbocycles. The standard InChI is InChI=1S/C26H27N3O3S/c1-3-27-25(31)23-18-6-4-5-7-22(18)33-26(23)28-24(30)20-14-21-19(12-13-32-21)29(20)15-17-10-8-16(2)9-11-17/h8-14H,3-7,15H2,1-2H3,(H,27,31)(H,28,30). The van der Waals surface area contributed by atoms with Crippen LogP contribution in [0, 0.1) is 6.92 Å². The molecule has 6 nitrogen and oxygen atoms in total. The molecule has 3 aromatic heterocycles. The van der Waals surface area contributed by atoms with Gasteiger partial charge in [-0.25, -0.2) is 0 Å². The zero-order valence-electron chi connectivity index (χ0n) is 18.9. The van der Waals surface area contributed by atoms with Gasteiger partial charge in [0.2, 0.25) is 0 Å². The number of nitrogens with one attached hydrogen (secondary N) is 2. The fraction of sp³-hybridized carbons (Fsp3) is 0.308. The van der Waals surface area contributed by atoms with Crippen LogP contribution >= 0.6 is 11.3 Å². The molecule has 0 bridgehead atoms. The number of carbonyl (C=O) groups excluding carboxylic acids is 2. The maximum absolute atomic E-state index is 13.5. The molecule has 0 fully saturated rings. The summed E-state index contributed by atoms with van der Waals surface area (Å²) in [5.74, 6) is -0.353. The third kappa shape index (κ3) is 4.09. The lowest BCUT2D eigenvalue weighted by Gasteiger charge is -2.13. The fourth-order valence-corrected chi connectivity index (χ4v) is 5.80. The second kappa shape index (κ2) is 8.90. The van der Waals surface area contributed by atoms with Gasteiger partial charge in [0.15, 0.2) is 5.58 Å². The maximum atomic E-state index is 13.5. The van der Waals surface area contributed by atoms with Gasteiger partial charge in [0.25, 0.3) is 11.8 Å². The first-order chi connectivity index (χ1) is 16.0. The van der Waals surface area contributed by atoms with E-state index in [0.717, 1.165) is 42.3 Å². The molecule has 0 spiro atoms. The van der Waals surface area contributed by atoms with Crippen LogP contribution in [0.1, 0.15) is 62.2 Å². The Kier molecular flexibility index (Phi) is 5.81. The van der Waals surface area contributed by atoms with Crippen molar-refractivity contribution in [2.45, 2.75) is 46.1 Å². The number of nitrogens with zero attached hydrogens (tertiary/aromatic N) is 1. The lowest BCUT2D eigenvalue weighted by molar-refractivity contribution is 0.0956. The third-order valence-electron chi connectivity index (χ3n) is 6.18. The molecule has 0 aliphatic heterocycles. The van der Waals surface area contributed by atoms with Crippen LogP contribution in [-0.2, 0) is 19.4 Å². The summed E-state index contributed by atoms with van der Waals surface area (Å²) in [5.41, 5.74) is 6.07. The van der Waals surface area contributed by atoms with Crippen molar-refractivity contribution in [2.24, 2.45) is 0 Å². The molecule has 5 rings (SSSR count). The number of anilines is 1. The number of thiophene rings is 1. The summed E-state index contributed by atoms with van der Waals surface area (Å²) < 4.78 is 7.56. The minimum Gasteiger partial charge on any atom is -0.463 e. The number of rotatable bonds is 6. The van der Waals surface area contributed by atoms with Crippen molar-refractivity contribution >= 4 is 39.3 Å². The van der Waals surface area contributed by atoms with Crippen LogP contribution in [0.15, 0.2) is 47.1 Å². The van der Waals surface area contributed by atoms with E-state index >= 15 is 0 Å². The lowest BCUT2D eigenvalue weighted by Crippen LogP contribution is -2.26. The first-order valence-electron chi connectivity index (χ1n) is 11.4. The van der Waals surface area contributed by atoms with Gasteiger partial charge in [-0.1, -0.05) is 29.8 Å². The molecular weight excluding hydrogens is 434 g/mol. The van der Waals surface area contributed by atoms with Crippen molar-refractivity contribution < 1.29 is 14.0 Å². The van der Waals surface area contributed by atoms with E-state index in [-0.39, 0.29) is 11.8 Å². The number of hydrogen-bond donors (Lipinski definition) is 2. The SMILES string of the molecule is CCNC(=O)c1c(NC(=O)c2cc3occc3n2Cc2ccc(C)cc2)sc2c1CCCC2. The van der Waals surface area contributed by atoms with Crippen LogP contribution in [0.5, 0.6) is 0 Å². The predicted octanol–water partition coefficient (Wildman–Crippen LogP) is 5.53. The first kappa shape index (κ1) is 21.5. The Bertz CT molecular complexity index is 1330. The van der Waals surface area contributed by atoms with E-state index in [1.54, 1.807) is 12.3 Å². The minimum atomic E-state index is -0.238. The van der Waals surface area contributed by atoms with Crippen molar-refractivity contribution in [1.29, 1.82) is 0 Å². The van der Waals surface area contributed by atoms with E-state index in [0.29, 0.717) is 34.9 Å². The van der Waals surface area contributed by atoms with Gasteiger partial charge >= 0.3 is 0 Å². The molecule has 2 N–H and O–H groups in total. The Balaban J connectivity index is 1.50. The van der Waals surface area contributed by atoms with E-state index in [4.69, 9.17) is 4.42 Å². The predicted molar refractivity (Wildman–Crippen MR) is 131 cm³/mol. The zero-order chi connectivity index (χ0) is 22.9.